The highest BCUT2D eigenvalue weighted by atomic mass is 16.5. The fraction of sp³-hybridized carbons (Fsp3) is 0.194. The lowest BCUT2D eigenvalue weighted by atomic mass is 9.80. The lowest BCUT2D eigenvalue weighted by Gasteiger charge is -2.36. The summed E-state index contributed by atoms with van der Waals surface area (Å²) in [6, 6.07) is 30.5. The van der Waals surface area contributed by atoms with E-state index >= 15 is 0 Å². The van der Waals surface area contributed by atoms with Crippen molar-refractivity contribution in [3.8, 4) is 5.75 Å². The fourth-order valence-electron chi connectivity index (χ4n) is 5.46. The number of benzene rings is 3. The maximum atomic E-state index is 13.9. The van der Waals surface area contributed by atoms with Crippen molar-refractivity contribution in [2.75, 3.05) is 17.3 Å². The number of nitrogens with one attached hydrogen (secondary N) is 1. The van der Waals surface area contributed by atoms with Crippen molar-refractivity contribution in [2.24, 2.45) is 0 Å². The lowest BCUT2D eigenvalue weighted by molar-refractivity contribution is -0.116. The summed E-state index contributed by atoms with van der Waals surface area (Å²) in [6.07, 6.45) is 2.84. The summed E-state index contributed by atoms with van der Waals surface area (Å²) in [6.45, 7) is 0.647. The van der Waals surface area contributed by atoms with Gasteiger partial charge in [-0.25, -0.2) is 0 Å². The molecule has 0 saturated heterocycles. The molecule has 0 saturated carbocycles. The molecular formula is C31H28N2O3. The van der Waals surface area contributed by atoms with Gasteiger partial charge in [-0.15, -0.1) is 0 Å². The summed E-state index contributed by atoms with van der Waals surface area (Å²) in [4.78, 5) is 16.3. The predicted molar refractivity (Wildman–Crippen MR) is 141 cm³/mol. The van der Waals surface area contributed by atoms with E-state index in [1.807, 2.05) is 48.5 Å². The van der Waals surface area contributed by atoms with Crippen LogP contribution in [0.15, 0.2) is 113 Å². The SMILES string of the molecule is COc1ccc(CN2c3ccccc3NC3=C(C(=O)CC(c4ccco4)C3)C2c2ccccc2)cc1. The van der Waals surface area contributed by atoms with Gasteiger partial charge in [0.1, 0.15) is 11.5 Å². The summed E-state index contributed by atoms with van der Waals surface area (Å²) in [7, 11) is 1.68. The summed E-state index contributed by atoms with van der Waals surface area (Å²) in [5, 5.41) is 3.67. The Bertz CT molecular complexity index is 1390. The van der Waals surface area contributed by atoms with Gasteiger partial charge in [-0.3, -0.25) is 4.79 Å². The molecule has 1 aliphatic heterocycles. The molecule has 4 aromatic rings. The van der Waals surface area contributed by atoms with E-state index in [1.54, 1.807) is 13.4 Å². The van der Waals surface area contributed by atoms with E-state index in [-0.39, 0.29) is 17.7 Å². The third-order valence-corrected chi connectivity index (χ3v) is 7.16. The first-order valence-corrected chi connectivity index (χ1v) is 12.3. The zero-order valence-electron chi connectivity index (χ0n) is 20.2. The van der Waals surface area contributed by atoms with Crippen LogP contribution in [0.4, 0.5) is 11.4 Å². The molecule has 0 radical (unpaired) electrons. The largest absolute Gasteiger partial charge is 0.497 e. The van der Waals surface area contributed by atoms with Gasteiger partial charge in [0.15, 0.2) is 5.78 Å². The van der Waals surface area contributed by atoms with Gasteiger partial charge in [0.05, 0.1) is 30.8 Å². The molecule has 1 N–H and O–H groups in total. The van der Waals surface area contributed by atoms with Gasteiger partial charge in [0.25, 0.3) is 0 Å². The maximum Gasteiger partial charge on any atom is 0.163 e. The number of methoxy groups -OCH3 is 1. The maximum absolute atomic E-state index is 13.9. The highest BCUT2D eigenvalue weighted by Gasteiger charge is 2.40. The molecule has 36 heavy (non-hydrogen) atoms. The fourth-order valence-corrected chi connectivity index (χ4v) is 5.46. The third-order valence-electron chi connectivity index (χ3n) is 7.16. The van der Waals surface area contributed by atoms with E-state index in [0.717, 1.165) is 51.7 Å². The van der Waals surface area contributed by atoms with Crippen molar-refractivity contribution in [3.63, 3.8) is 0 Å². The molecule has 2 aliphatic rings. The molecule has 1 aliphatic carbocycles. The normalized spacial score (nSPS) is 19.2. The van der Waals surface area contributed by atoms with E-state index in [1.165, 1.54) is 0 Å². The molecule has 180 valence electrons. The van der Waals surface area contributed by atoms with Crippen LogP contribution >= 0.6 is 0 Å². The molecule has 5 heteroatoms. The number of hydrogen-bond donors (Lipinski definition) is 1. The summed E-state index contributed by atoms with van der Waals surface area (Å²) < 4.78 is 11.1. The molecule has 0 spiro atoms. The molecular weight excluding hydrogens is 448 g/mol. The molecule has 0 fully saturated rings. The first kappa shape index (κ1) is 22.2. The average molecular weight is 477 g/mol. The number of nitrogens with zero attached hydrogens (tertiary/aromatic N) is 1. The number of rotatable bonds is 5. The first-order valence-electron chi connectivity index (χ1n) is 12.3. The number of ether oxygens (including phenoxy) is 1. The van der Waals surface area contributed by atoms with Gasteiger partial charge in [-0.2, -0.15) is 0 Å². The lowest BCUT2D eigenvalue weighted by Crippen LogP contribution is -2.34. The number of carbonyl (C=O) groups excluding carboxylic acids is 1. The molecule has 0 bridgehead atoms. The Hall–Kier alpha value is -4.25. The number of carbonyl (C=O) groups is 1. The van der Waals surface area contributed by atoms with Crippen molar-refractivity contribution in [1.82, 2.24) is 0 Å². The zero-order valence-corrected chi connectivity index (χ0v) is 20.2. The topological polar surface area (TPSA) is 54.7 Å². The van der Waals surface area contributed by atoms with Gasteiger partial charge >= 0.3 is 0 Å². The van der Waals surface area contributed by atoms with Crippen LogP contribution in [0.1, 0.15) is 41.7 Å². The van der Waals surface area contributed by atoms with Crippen LogP contribution in [0.2, 0.25) is 0 Å². The van der Waals surface area contributed by atoms with Gasteiger partial charge in [-0.1, -0.05) is 54.6 Å². The molecule has 3 aromatic carbocycles. The summed E-state index contributed by atoms with van der Waals surface area (Å²) in [5.74, 6) is 1.87. The van der Waals surface area contributed by atoms with Crippen molar-refractivity contribution in [3.05, 3.63) is 125 Å². The number of ketones is 1. The second-order valence-corrected chi connectivity index (χ2v) is 9.37. The first-order chi connectivity index (χ1) is 17.7. The van der Waals surface area contributed by atoms with E-state index in [2.05, 4.69) is 52.7 Å². The number of para-hydroxylation sites is 2. The number of hydrogen-bond acceptors (Lipinski definition) is 5. The average Bonchev–Trinajstić information content (AvgIpc) is 3.42. The van der Waals surface area contributed by atoms with Crippen LogP contribution < -0.4 is 15.0 Å². The van der Waals surface area contributed by atoms with Gasteiger partial charge in [-0.05, 0) is 53.9 Å². The molecule has 2 heterocycles. The molecule has 6 rings (SSSR count). The second kappa shape index (κ2) is 9.42. The van der Waals surface area contributed by atoms with E-state index < -0.39 is 0 Å². The van der Waals surface area contributed by atoms with Crippen LogP contribution in [0.5, 0.6) is 5.75 Å². The summed E-state index contributed by atoms with van der Waals surface area (Å²) >= 11 is 0. The minimum Gasteiger partial charge on any atom is -0.497 e. The quantitative estimate of drug-likeness (QED) is 0.341. The number of fused-ring (bicyclic) bond motifs is 1. The zero-order chi connectivity index (χ0) is 24.5. The minimum absolute atomic E-state index is 0.0236. The highest BCUT2D eigenvalue weighted by Crippen LogP contribution is 2.47. The molecule has 2 atom stereocenters. The van der Waals surface area contributed by atoms with Crippen molar-refractivity contribution in [2.45, 2.75) is 31.3 Å². The van der Waals surface area contributed by atoms with Crippen LogP contribution in [0, 0.1) is 0 Å². The van der Waals surface area contributed by atoms with E-state index in [9.17, 15) is 4.79 Å². The Morgan fingerprint density at radius 1 is 0.917 bits per heavy atom. The predicted octanol–water partition coefficient (Wildman–Crippen LogP) is 6.86. The van der Waals surface area contributed by atoms with Gasteiger partial charge in [0, 0.05) is 30.2 Å². The number of furan rings is 1. The highest BCUT2D eigenvalue weighted by molar-refractivity contribution is 6.01. The Morgan fingerprint density at radius 3 is 2.44 bits per heavy atom. The van der Waals surface area contributed by atoms with Crippen molar-refractivity contribution >= 4 is 17.2 Å². The number of allylic oxidation sites excluding steroid dienone is 1. The van der Waals surface area contributed by atoms with Crippen LogP contribution in [0.25, 0.3) is 0 Å². The van der Waals surface area contributed by atoms with E-state index in [4.69, 9.17) is 9.15 Å². The Kier molecular flexibility index (Phi) is 5.82. The minimum atomic E-state index is -0.218. The van der Waals surface area contributed by atoms with Crippen LogP contribution in [-0.4, -0.2) is 12.9 Å². The standard InChI is InChI=1S/C31H28N2O3/c1-35-24-15-13-21(14-16-24)20-33-27-11-6-5-10-25(27)32-26-18-23(29-12-7-17-36-29)19-28(34)30(26)31(33)22-8-3-2-4-9-22/h2-17,23,31-32H,18-20H2,1H3. The van der Waals surface area contributed by atoms with Crippen molar-refractivity contribution < 1.29 is 13.9 Å². The van der Waals surface area contributed by atoms with Crippen molar-refractivity contribution in [1.29, 1.82) is 0 Å². The smallest absolute Gasteiger partial charge is 0.163 e. The van der Waals surface area contributed by atoms with Gasteiger partial charge < -0.3 is 19.4 Å². The summed E-state index contributed by atoms with van der Waals surface area (Å²) in [5.41, 5.74) is 6.14. The van der Waals surface area contributed by atoms with Gasteiger partial charge in [0.2, 0.25) is 0 Å². The monoisotopic (exact) mass is 476 g/mol. The molecule has 5 nitrogen and oxygen atoms in total. The number of anilines is 2. The molecule has 1 aromatic heterocycles. The third kappa shape index (κ3) is 4.07. The van der Waals surface area contributed by atoms with E-state index in [0.29, 0.717) is 13.0 Å². The van der Waals surface area contributed by atoms with Crippen LogP contribution in [-0.2, 0) is 11.3 Å². The molecule has 2 unspecified atom stereocenters. The second-order valence-electron chi connectivity index (χ2n) is 9.37. The Morgan fingerprint density at radius 2 is 1.69 bits per heavy atom. The Labute approximate surface area is 211 Å². The molecule has 0 amide bonds. The Balaban J connectivity index is 1.50. The number of Topliss-reactive ketones (excluding diaryl/α,β-unsaturated/α-hetero) is 1. The van der Waals surface area contributed by atoms with Crippen LogP contribution in [0.3, 0.4) is 0 Å².